The summed E-state index contributed by atoms with van der Waals surface area (Å²) in [5, 5.41) is 14.2. The molecule has 0 saturated heterocycles. The molecule has 0 amide bonds. The van der Waals surface area contributed by atoms with Gasteiger partial charge in [0.15, 0.2) is 0 Å². The number of para-hydroxylation sites is 1. The van der Waals surface area contributed by atoms with Gasteiger partial charge in [0.2, 0.25) is 0 Å². The Bertz CT molecular complexity index is 2780. The first kappa shape index (κ1) is 24.7. The molecule has 0 spiro atoms. The number of nitrogens with two attached hydrogens (primary N) is 1. The molecule has 1 aliphatic heterocycles. The first-order valence-corrected chi connectivity index (χ1v) is 15.7. The second-order valence-electron chi connectivity index (χ2n) is 12.4. The Hall–Kier alpha value is -5.74. The molecule has 1 unspecified atom stereocenters. The molecule has 5 heterocycles. The van der Waals surface area contributed by atoms with Crippen LogP contribution < -0.4 is 11.1 Å². The van der Waals surface area contributed by atoms with Crippen molar-refractivity contribution in [3.8, 4) is 0 Å². The van der Waals surface area contributed by atoms with E-state index in [0.29, 0.717) is 0 Å². The van der Waals surface area contributed by atoms with Crippen molar-refractivity contribution >= 4 is 76.2 Å². The second kappa shape index (κ2) is 8.90. The summed E-state index contributed by atoms with van der Waals surface area (Å²) >= 11 is 0. The lowest BCUT2D eigenvalue weighted by atomic mass is 9.96. The molecule has 3 N–H and O–H groups in total. The molecule has 0 radical (unpaired) electrons. The zero-order valence-corrected chi connectivity index (χ0v) is 24.9. The van der Waals surface area contributed by atoms with Crippen LogP contribution in [0.3, 0.4) is 0 Å². The summed E-state index contributed by atoms with van der Waals surface area (Å²) in [6, 6.07) is 30.2. The van der Waals surface area contributed by atoms with Gasteiger partial charge in [-0.25, -0.2) is 0 Å². The van der Waals surface area contributed by atoms with E-state index in [1.807, 2.05) is 24.4 Å². The Balaban J connectivity index is 1.43. The fourth-order valence-corrected chi connectivity index (χ4v) is 8.12. The zero-order valence-electron chi connectivity index (χ0n) is 24.9. The van der Waals surface area contributed by atoms with Crippen LogP contribution in [0.2, 0.25) is 0 Å². The molecule has 4 heteroatoms. The van der Waals surface area contributed by atoms with Crippen molar-refractivity contribution in [2.75, 3.05) is 0 Å². The van der Waals surface area contributed by atoms with Crippen LogP contribution >= 0.6 is 0 Å². The third kappa shape index (κ3) is 3.16. The van der Waals surface area contributed by atoms with E-state index in [1.165, 1.54) is 92.9 Å². The highest BCUT2D eigenvalue weighted by Gasteiger charge is 2.28. The highest BCUT2D eigenvalue weighted by atomic mass is 14.9. The largest absolute Gasteiger partial charge is 0.405 e. The minimum atomic E-state index is 0.155. The van der Waals surface area contributed by atoms with Gasteiger partial charge in [-0.15, -0.1) is 0 Å². The van der Waals surface area contributed by atoms with Crippen molar-refractivity contribution < 1.29 is 0 Å². The Kier molecular flexibility index (Phi) is 4.88. The number of benzene rings is 5. The van der Waals surface area contributed by atoms with E-state index in [-0.39, 0.29) is 6.04 Å². The number of hydrogen-bond acceptors (Lipinski definition) is 2. The van der Waals surface area contributed by atoms with E-state index in [4.69, 9.17) is 5.73 Å². The summed E-state index contributed by atoms with van der Waals surface area (Å²) in [6.07, 6.45) is 16.9. The highest BCUT2D eigenvalue weighted by Crippen LogP contribution is 2.51. The van der Waals surface area contributed by atoms with E-state index >= 15 is 0 Å². The fraction of sp³-hybridized carbons (Fsp3) is 0.0732. The maximum atomic E-state index is 5.56. The first-order chi connectivity index (χ1) is 22.2. The number of hydrogen-bond donors (Lipinski definition) is 2. The number of fused-ring (bicyclic) bond motifs is 14. The molecule has 0 aliphatic carbocycles. The number of dihydropyridines is 1. The predicted octanol–water partition coefficient (Wildman–Crippen LogP) is 9.58. The lowest BCUT2D eigenvalue weighted by Crippen LogP contribution is -2.14. The van der Waals surface area contributed by atoms with Gasteiger partial charge in [-0.05, 0) is 78.9 Å². The predicted molar refractivity (Wildman–Crippen MR) is 191 cm³/mol. The number of allylic oxidation sites excluding steroid dienone is 5. The topological polar surface area (TPSA) is 46.9 Å². The van der Waals surface area contributed by atoms with Gasteiger partial charge in [0, 0.05) is 43.1 Å². The van der Waals surface area contributed by atoms with Gasteiger partial charge in [0.05, 0.1) is 39.1 Å². The fourth-order valence-electron chi connectivity index (χ4n) is 8.12. The molecule has 1 aliphatic rings. The summed E-state index contributed by atoms with van der Waals surface area (Å²) in [6.45, 7) is 2.20. The minimum Gasteiger partial charge on any atom is -0.405 e. The van der Waals surface area contributed by atoms with E-state index in [2.05, 4.69) is 118 Å². The van der Waals surface area contributed by atoms with Gasteiger partial charge >= 0.3 is 0 Å². The third-order valence-corrected chi connectivity index (χ3v) is 9.93. The molecule has 0 bridgehead atoms. The number of nitrogens with zero attached hydrogens (tertiary/aromatic N) is 2. The van der Waals surface area contributed by atoms with Crippen LogP contribution in [-0.4, -0.2) is 8.80 Å². The summed E-state index contributed by atoms with van der Waals surface area (Å²) in [5.41, 5.74) is 17.1. The molecule has 4 nitrogen and oxygen atoms in total. The molecule has 4 aromatic heterocycles. The van der Waals surface area contributed by atoms with E-state index in [9.17, 15) is 0 Å². The zero-order chi connectivity index (χ0) is 29.8. The number of aryl methyl sites for hydroxylation is 1. The highest BCUT2D eigenvalue weighted by molar-refractivity contribution is 6.45. The monoisotopic (exact) mass is 578 g/mol. The van der Waals surface area contributed by atoms with Crippen molar-refractivity contribution in [3.05, 3.63) is 144 Å². The van der Waals surface area contributed by atoms with Gasteiger partial charge in [-0.1, -0.05) is 78.9 Å². The Morgan fingerprint density at radius 3 is 2.11 bits per heavy atom. The molecule has 5 aromatic carbocycles. The molecule has 9 aromatic rings. The molecule has 0 fully saturated rings. The lowest BCUT2D eigenvalue weighted by molar-refractivity contribution is 0.747. The molecule has 0 saturated carbocycles. The van der Waals surface area contributed by atoms with Gasteiger partial charge in [-0.3, -0.25) is 0 Å². The SMILES string of the molecule is Cc1ccc2c3c4c5ccc(C6C=CC=CN6)cc5n5c6ccccc6c(c6c7ccc(C/C=C\C=C/N)cc7n(c2c1)c63)c45. The quantitative estimate of drug-likeness (QED) is 0.204. The Labute approximate surface area is 259 Å². The van der Waals surface area contributed by atoms with Crippen molar-refractivity contribution in [1.82, 2.24) is 14.1 Å². The normalized spacial score (nSPS) is 15.9. The standard InChI is InChI=1S/C41H30N4/c1-24-13-16-28-33(21-24)45-34-22-25(9-3-2-7-19-42)14-17-29(34)38-36-27-10-4-5-12-32(27)44-35-23-26(31-11-6-8-20-43-31)15-18-30(35)39(40(36)44)37(28)41(38)45/h2-8,10-23,31,43H,9,42H2,1H3/b3-2-,19-7-. The van der Waals surface area contributed by atoms with Crippen LogP contribution in [0.25, 0.3) is 76.2 Å². The number of aromatic nitrogens is 2. The van der Waals surface area contributed by atoms with E-state index < -0.39 is 0 Å². The van der Waals surface area contributed by atoms with E-state index in [0.717, 1.165) is 6.42 Å². The molecular weight excluding hydrogens is 548 g/mol. The maximum Gasteiger partial charge on any atom is 0.0696 e. The minimum absolute atomic E-state index is 0.155. The average Bonchev–Trinajstić information content (AvgIpc) is 3.79. The number of nitrogens with one attached hydrogen (secondary N) is 1. The van der Waals surface area contributed by atoms with Crippen molar-refractivity contribution in [3.63, 3.8) is 0 Å². The van der Waals surface area contributed by atoms with Crippen molar-refractivity contribution in [2.24, 2.45) is 5.73 Å². The van der Waals surface area contributed by atoms with Crippen LogP contribution in [0.15, 0.2) is 128 Å². The van der Waals surface area contributed by atoms with Gasteiger partial charge in [-0.2, -0.15) is 0 Å². The second-order valence-corrected chi connectivity index (χ2v) is 12.4. The molecular formula is C41H30N4. The summed E-state index contributed by atoms with van der Waals surface area (Å²) < 4.78 is 5.09. The summed E-state index contributed by atoms with van der Waals surface area (Å²) in [5.74, 6) is 0. The number of rotatable bonds is 4. The molecule has 214 valence electrons. The molecule has 10 rings (SSSR count). The van der Waals surface area contributed by atoms with E-state index in [1.54, 1.807) is 6.20 Å². The van der Waals surface area contributed by atoms with Crippen LogP contribution in [0, 0.1) is 6.92 Å². The Morgan fingerprint density at radius 2 is 1.36 bits per heavy atom. The lowest BCUT2D eigenvalue weighted by Gasteiger charge is -2.16. The summed E-state index contributed by atoms with van der Waals surface area (Å²) in [7, 11) is 0. The van der Waals surface area contributed by atoms with Crippen molar-refractivity contribution in [2.45, 2.75) is 19.4 Å². The first-order valence-electron chi connectivity index (χ1n) is 15.7. The van der Waals surface area contributed by atoms with Crippen molar-refractivity contribution in [1.29, 1.82) is 0 Å². The van der Waals surface area contributed by atoms with Crippen LogP contribution in [-0.2, 0) is 6.42 Å². The summed E-state index contributed by atoms with van der Waals surface area (Å²) in [4.78, 5) is 0. The molecule has 1 atom stereocenters. The third-order valence-electron chi connectivity index (χ3n) is 9.93. The van der Waals surface area contributed by atoms with Gasteiger partial charge in [0.1, 0.15) is 0 Å². The Morgan fingerprint density at radius 1 is 0.689 bits per heavy atom. The molecule has 45 heavy (non-hydrogen) atoms. The van der Waals surface area contributed by atoms with Crippen LogP contribution in [0.5, 0.6) is 0 Å². The van der Waals surface area contributed by atoms with Crippen LogP contribution in [0.1, 0.15) is 22.7 Å². The van der Waals surface area contributed by atoms with Crippen LogP contribution in [0.4, 0.5) is 0 Å². The van der Waals surface area contributed by atoms with Gasteiger partial charge < -0.3 is 19.9 Å². The van der Waals surface area contributed by atoms with Gasteiger partial charge in [0.25, 0.3) is 0 Å². The smallest absolute Gasteiger partial charge is 0.0696 e. The average molecular weight is 579 g/mol. The maximum absolute atomic E-state index is 5.56.